The molecule has 0 radical (unpaired) electrons. The summed E-state index contributed by atoms with van der Waals surface area (Å²) in [5, 5.41) is 3.63. The maximum Gasteiger partial charge on any atom is 0.228 e. The fraction of sp³-hybridized carbons (Fsp3) is 0.929. The molecule has 3 aliphatic rings. The average molecular weight is 252 g/mol. The van der Waals surface area contributed by atoms with E-state index in [2.05, 4.69) is 12.2 Å². The number of fused-ring (bicyclic) bond motifs is 2. The third kappa shape index (κ3) is 2.28. The quantitative estimate of drug-likeness (QED) is 0.801. The maximum atomic E-state index is 12.4. The predicted molar refractivity (Wildman–Crippen MR) is 69.3 cm³/mol. The van der Waals surface area contributed by atoms with Crippen LogP contribution in [0.4, 0.5) is 0 Å². The van der Waals surface area contributed by atoms with Gasteiger partial charge in [-0.1, -0.05) is 0 Å². The van der Waals surface area contributed by atoms with Crippen LogP contribution in [0.2, 0.25) is 0 Å². The minimum absolute atomic E-state index is 0.0949. The zero-order chi connectivity index (χ0) is 12.7. The van der Waals surface area contributed by atoms with Gasteiger partial charge in [-0.25, -0.2) is 0 Å². The van der Waals surface area contributed by atoms with Crippen molar-refractivity contribution in [3.05, 3.63) is 0 Å². The first-order chi connectivity index (χ1) is 8.63. The Morgan fingerprint density at radius 2 is 1.89 bits per heavy atom. The van der Waals surface area contributed by atoms with Crippen LogP contribution >= 0.6 is 0 Å². The van der Waals surface area contributed by atoms with Crippen LogP contribution in [-0.2, 0) is 9.53 Å². The molecule has 4 atom stereocenters. The number of ether oxygens (including phenoxy) is 1. The standard InChI is InChI=1S/C14H24N2O2/c1-9-5-10(8-18-9)14(17)16(2)13-6-11-3-4-12(7-13)15-11/h9-13,15H,3-8H2,1-2H3. The molecule has 102 valence electrons. The molecule has 0 spiro atoms. The molecule has 0 aliphatic carbocycles. The third-order valence-electron chi connectivity index (χ3n) is 4.89. The number of nitrogens with one attached hydrogen (secondary N) is 1. The van der Waals surface area contributed by atoms with E-state index in [1.807, 2.05) is 11.9 Å². The fourth-order valence-electron chi connectivity index (χ4n) is 3.80. The Kier molecular flexibility index (Phi) is 3.32. The van der Waals surface area contributed by atoms with Gasteiger partial charge in [0, 0.05) is 25.2 Å². The van der Waals surface area contributed by atoms with Crippen molar-refractivity contribution in [1.82, 2.24) is 10.2 Å². The van der Waals surface area contributed by atoms with Crippen molar-refractivity contribution in [1.29, 1.82) is 0 Å². The van der Waals surface area contributed by atoms with Crippen LogP contribution < -0.4 is 5.32 Å². The molecule has 4 unspecified atom stereocenters. The molecule has 3 saturated heterocycles. The van der Waals surface area contributed by atoms with Gasteiger partial charge in [0.05, 0.1) is 18.6 Å². The van der Waals surface area contributed by atoms with E-state index in [4.69, 9.17) is 4.74 Å². The van der Waals surface area contributed by atoms with Crippen molar-refractivity contribution < 1.29 is 9.53 Å². The normalized spacial score (nSPS) is 43.1. The fourth-order valence-corrected chi connectivity index (χ4v) is 3.80. The number of nitrogens with zero attached hydrogens (tertiary/aromatic N) is 1. The lowest BCUT2D eigenvalue weighted by Crippen LogP contribution is -2.50. The van der Waals surface area contributed by atoms with Gasteiger partial charge in [-0.3, -0.25) is 4.79 Å². The van der Waals surface area contributed by atoms with Crippen molar-refractivity contribution in [3.63, 3.8) is 0 Å². The summed E-state index contributed by atoms with van der Waals surface area (Å²) in [6.45, 7) is 2.67. The Hall–Kier alpha value is -0.610. The van der Waals surface area contributed by atoms with Crippen molar-refractivity contribution in [2.45, 2.75) is 63.3 Å². The molecule has 0 aromatic heterocycles. The van der Waals surface area contributed by atoms with Gasteiger partial charge < -0.3 is 15.0 Å². The summed E-state index contributed by atoms with van der Waals surface area (Å²) in [5.74, 6) is 0.392. The third-order valence-corrected chi connectivity index (χ3v) is 4.89. The molecule has 18 heavy (non-hydrogen) atoms. The molecule has 1 N–H and O–H groups in total. The maximum absolute atomic E-state index is 12.4. The van der Waals surface area contributed by atoms with Gasteiger partial charge in [-0.15, -0.1) is 0 Å². The number of amides is 1. The van der Waals surface area contributed by atoms with Gasteiger partial charge in [0.15, 0.2) is 0 Å². The van der Waals surface area contributed by atoms with Gasteiger partial charge in [-0.2, -0.15) is 0 Å². The van der Waals surface area contributed by atoms with Gasteiger partial charge in [0.2, 0.25) is 5.91 Å². The minimum atomic E-state index is 0.0949. The second-order valence-corrected chi connectivity index (χ2v) is 6.29. The molecule has 1 amide bonds. The lowest BCUT2D eigenvalue weighted by atomic mass is 9.96. The molecular formula is C14H24N2O2. The van der Waals surface area contributed by atoms with E-state index in [1.54, 1.807) is 0 Å². The summed E-state index contributed by atoms with van der Waals surface area (Å²) in [6, 6.07) is 1.72. The van der Waals surface area contributed by atoms with Gasteiger partial charge >= 0.3 is 0 Å². The number of piperidine rings is 1. The smallest absolute Gasteiger partial charge is 0.228 e. The molecule has 3 fully saturated rings. The Balaban J connectivity index is 1.60. The molecule has 0 aromatic carbocycles. The second-order valence-electron chi connectivity index (χ2n) is 6.29. The molecule has 3 aliphatic heterocycles. The topological polar surface area (TPSA) is 41.6 Å². The van der Waals surface area contributed by atoms with E-state index >= 15 is 0 Å². The summed E-state index contributed by atoms with van der Waals surface area (Å²) in [4.78, 5) is 14.5. The molecular weight excluding hydrogens is 228 g/mol. The highest BCUT2D eigenvalue weighted by Crippen LogP contribution is 2.31. The van der Waals surface area contributed by atoms with Crippen LogP contribution in [0.15, 0.2) is 0 Å². The zero-order valence-corrected chi connectivity index (χ0v) is 11.4. The van der Waals surface area contributed by atoms with Crippen LogP contribution in [0.1, 0.15) is 39.0 Å². The molecule has 4 nitrogen and oxygen atoms in total. The van der Waals surface area contributed by atoms with Crippen LogP contribution in [0.3, 0.4) is 0 Å². The average Bonchev–Trinajstić information content (AvgIpc) is 2.94. The van der Waals surface area contributed by atoms with Crippen molar-refractivity contribution in [2.75, 3.05) is 13.7 Å². The summed E-state index contributed by atoms with van der Waals surface area (Å²) in [6.07, 6.45) is 5.96. The van der Waals surface area contributed by atoms with Crippen LogP contribution in [0.25, 0.3) is 0 Å². The highest BCUT2D eigenvalue weighted by atomic mass is 16.5. The number of hydrogen-bond donors (Lipinski definition) is 1. The highest BCUT2D eigenvalue weighted by Gasteiger charge is 2.38. The van der Waals surface area contributed by atoms with Gasteiger partial charge in [0.1, 0.15) is 0 Å². The first-order valence-electron chi connectivity index (χ1n) is 7.28. The minimum Gasteiger partial charge on any atom is -0.378 e. The molecule has 0 saturated carbocycles. The molecule has 3 heterocycles. The van der Waals surface area contributed by atoms with Gasteiger partial charge in [0.25, 0.3) is 0 Å². The SMILES string of the molecule is CC1CC(C(=O)N(C)C2CC3CCC(C2)N3)CO1. The van der Waals surface area contributed by atoms with E-state index < -0.39 is 0 Å². The van der Waals surface area contributed by atoms with E-state index in [-0.39, 0.29) is 12.0 Å². The van der Waals surface area contributed by atoms with Gasteiger partial charge in [-0.05, 0) is 39.0 Å². The van der Waals surface area contributed by atoms with E-state index in [0.29, 0.717) is 30.6 Å². The van der Waals surface area contributed by atoms with E-state index in [9.17, 15) is 4.79 Å². The highest BCUT2D eigenvalue weighted by molar-refractivity contribution is 5.79. The van der Waals surface area contributed by atoms with Crippen LogP contribution in [-0.4, -0.2) is 48.7 Å². The van der Waals surface area contributed by atoms with E-state index in [0.717, 1.165) is 19.3 Å². The zero-order valence-electron chi connectivity index (χ0n) is 11.4. The number of carbonyl (C=O) groups excluding carboxylic acids is 1. The predicted octanol–water partition coefficient (Wildman–Crippen LogP) is 1.15. The van der Waals surface area contributed by atoms with Crippen molar-refractivity contribution >= 4 is 5.91 Å². The Morgan fingerprint density at radius 3 is 2.44 bits per heavy atom. The number of carbonyl (C=O) groups is 1. The molecule has 4 heteroatoms. The van der Waals surface area contributed by atoms with Crippen LogP contribution in [0.5, 0.6) is 0 Å². The first kappa shape index (κ1) is 12.4. The van der Waals surface area contributed by atoms with Crippen molar-refractivity contribution in [3.8, 4) is 0 Å². The lowest BCUT2D eigenvalue weighted by molar-refractivity contribution is -0.137. The summed E-state index contributed by atoms with van der Waals surface area (Å²) in [5.41, 5.74) is 0. The molecule has 2 bridgehead atoms. The summed E-state index contributed by atoms with van der Waals surface area (Å²) >= 11 is 0. The first-order valence-corrected chi connectivity index (χ1v) is 7.28. The monoisotopic (exact) mass is 252 g/mol. The second kappa shape index (κ2) is 4.82. The largest absolute Gasteiger partial charge is 0.378 e. The van der Waals surface area contributed by atoms with Crippen LogP contribution in [0, 0.1) is 5.92 Å². The van der Waals surface area contributed by atoms with Crippen molar-refractivity contribution in [2.24, 2.45) is 5.92 Å². The Labute approximate surface area is 109 Å². The summed E-state index contributed by atoms with van der Waals surface area (Å²) < 4.78 is 5.52. The Morgan fingerprint density at radius 1 is 1.22 bits per heavy atom. The Bertz CT molecular complexity index is 322. The molecule has 3 rings (SSSR count). The lowest BCUT2D eigenvalue weighted by Gasteiger charge is -2.36. The summed E-state index contributed by atoms with van der Waals surface area (Å²) in [7, 11) is 1.99. The number of hydrogen-bond acceptors (Lipinski definition) is 3. The number of rotatable bonds is 2. The van der Waals surface area contributed by atoms with E-state index in [1.165, 1.54) is 12.8 Å². The molecule has 0 aromatic rings.